The standard InChI is InChI=1S/C32H51N3O3/c1-20(2)35(19-28-30(4,5)16-17-33-28)29(37)38-34-21(3)25-10-11-26-24-9-8-22-18-23(36)12-14-31(22,6)27(24)13-15-32(25,26)7/h18,20,24-28,33H,8-17,19H2,1-7H3/b34-21+/t24-,25+,26-,27-,28?,31-,32+/m0/s1. The number of nitrogens with zero attached hydrogens (tertiary/aromatic N) is 2. The van der Waals surface area contributed by atoms with Gasteiger partial charge in [0.2, 0.25) is 0 Å². The molecule has 1 amide bonds. The molecule has 6 heteroatoms. The molecule has 0 bridgehead atoms. The van der Waals surface area contributed by atoms with Gasteiger partial charge < -0.3 is 10.2 Å². The van der Waals surface area contributed by atoms with Crippen LogP contribution in [0.3, 0.4) is 0 Å². The Bertz CT molecular complexity index is 1020. The Kier molecular flexibility index (Phi) is 7.37. The normalized spacial score (nSPS) is 40.3. The van der Waals surface area contributed by atoms with Crippen molar-refractivity contribution in [3.05, 3.63) is 11.6 Å². The summed E-state index contributed by atoms with van der Waals surface area (Å²) in [6, 6.07) is 0.323. The Morgan fingerprint density at radius 2 is 1.84 bits per heavy atom. The topological polar surface area (TPSA) is 71.0 Å². The maximum absolute atomic E-state index is 13.2. The number of oxime groups is 1. The maximum Gasteiger partial charge on any atom is 0.436 e. The van der Waals surface area contributed by atoms with E-state index in [2.05, 4.69) is 45.1 Å². The summed E-state index contributed by atoms with van der Waals surface area (Å²) in [5.41, 5.74) is 2.99. The second-order valence-electron chi connectivity index (χ2n) is 14.7. The number of hydrogen-bond acceptors (Lipinski definition) is 5. The van der Waals surface area contributed by atoms with E-state index in [0.717, 1.165) is 43.9 Å². The fourth-order valence-corrected chi connectivity index (χ4v) is 9.50. The Hall–Kier alpha value is -1.69. The molecule has 4 aliphatic carbocycles. The smallest absolute Gasteiger partial charge is 0.312 e. The number of carbonyl (C=O) groups is 2. The molecule has 1 N–H and O–H groups in total. The summed E-state index contributed by atoms with van der Waals surface area (Å²) in [5, 5.41) is 8.08. The first-order chi connectivity index (χ1) is 17.9. The van der Waals surface area contributed by atoms with E-state index < -0.39 is 0 Å². The van der Waals surface area contributed by atoms with Gasteiger partial charge in [0.15, 0.2) is 5.78 Å². The number of hydrogen-bond donors (Lipinski definition) is 1. The number of carbonyl (C=O) groups excluding carboxylic acids is 2. The number of allylic oxidation sites excluding steroid dienone is 1. The predicted octanol–water partition coefficient (Wildman–Crippen LogP) is 6.75. The molecule has 3 saturated carbocycles. The highest BCUT2D eigenvalue weighted by atomic mass is 16.7. The van der Waals surface area contributed by atoms with E-state index in [1.807, 2.05) is 24.8 Å². The monoisotopic (exact) mass is 525 g/mol. The van der Waals surface area contributed by atoms with Crippen LogP contribution in [0.5, 0.6) is 0 Å². The Morgan fingerprint density at radius 1 is 1.08 bits per heavy atom. The van der Waals surface area contributed by atoms with Gasteiger partial charge in [0, 0.05) is 31.0 Å². The fraction of sp³-hybridized carbons (Fsp3) is 0.844. The molecule has 1 heterocycles. The lowest BCUT2D eigenvalue weighted by Crippen LogP contribution is -2.51. The van der Waals surface area contributed by atoms with E-state index in [9.17, 15) is 9.59 Å². The van der Waals surface area contributed by atoms with Crippen molar-refractivity contribution < 1.29 is 14.4 Å². The second kappa shape index (κ2) is 10.1. The van der Waals surface area contributed by atoms with Crippen molar-refractivity contribution in [3.63, 3.8) is 0 Å². The summed E-state index contributed by atoms with van der Waals surface area (Å²) in [6.07, 6.45) is 11.6. The highest BCUT2D eigenvalue weighted by Crippen LogP contribution is 2.66. The van der Waals surface area contributed by atoms with Crippen LogP contribution in [0.25, 0.3) is 0 Å². The van der Waals surface area contributed by atoms with E-state index in [1.165, 1.54) is 31.3 Å². The lowest BCUT2D eigenvalue weighted by Gasteiger charge is -2.58. The molecule has 38 heavy (non-hydrogen) atoms. The lowest BCUT2D eigenvalue weighted by molar-refractivity contribution is -0.117. The first-order valence-electron chi connectivity index (χ1n) is 15.4. The molecule has 7 atom stereocenters. The van der Waals surface area contributed by atoms with Crippen molar-refractivity contribution in [3.8, 4) is 0 Å². The largest absolute Gasteiger partial charge is 0.436 e. The van der Waals surface area contributed by atoms with Gasteiger partial charge in [0.25, 0.3) is 0 Å². The number of rotatable bonds is 5. The van der Waals surface area contributed by atoms with Gasteiger partial charge in [-0.05, 0) is 119 Å². The van der Waals surface area contributed by atoms with Crippen LogP contribution in [-0.4, -0.2) is 47.7 Å². The van der Waals surface area contributed by atoms with Gasteiger partial charge in [-0.1, -0.05) is 38.4 Å². The van der Waals surface area contributed by atoms with Gasteiger partial charge in [0.05, 0.1) is 5.71 Å². The Labute approximate surface area is 230 Å². The van der Waals surface area contributed by atoms with Crippen molar-refractivity contribution in [2.75, 3.05) is 13.1 Å². The molecule has 4 fully saturated rings. The van der Waals surface area contributed by atoms with E-state index in [-0.39, 0.29) is 34.4 Å². The van der Waals surface area contributed by atoms with Gasteiger partial charge in [0.1, 0.15) is 0 Å². The molecule has 1 unspecified atom stereocenters. The molecule has 0 spiro atoms. The van der Waals surface area contributed by atoms with E-state index in [0.29, 0.717) is 36.5 Å². The van der Waals surface area contributed by atoms with Crippen LogP contribution in [0, 0.1) is 39.9 Å². The molecule has 5 rings (SSSR count). The second-order valence-corrected chi connectivity index (χ2v) is 14.7. The molecule has 1 aliphatic heterocycles. The van der Waals surface area contributed by atoms with Crippen molar-refractivity contribution in [2.24, 2.45) is 45.1 Å². The van der Waals surface area contributed by atoms with Crippen LogP contribution in [0.1, 0.15) is 106 Å². The predicted molar refractivity (Wildman–Crippen MR) is 152 cm³/mol. The maximum atomic E-state index is 13.2. The summed E-state index contributed by atoms with van der Waals surface area (Å²) in [6.45, 7) is 17.3. The van der Waals surface area contributed by atoms with Crippen molar-refractivity contribution in [1.29, 1.82) is 0 Å². The minimum absolute atomic E-state index is 0.0570. The SMILES string of the molecule is C/C(=N\OC(=O)N(CC1NCCC1(C)C)C(C)C)[C@H]1CC[C@H]2[C@@H]3CCC4=CC(=O)CC[C@]4(C)[C@H]3CC[C@]12C. The van der Waals surface area contributed by atoms with Crippen LogP contribution in [-0.2, 0) is 9.63 Å². The summed E-state index contributed by atoms with van der Waals surface area (Å²) in [5.74, 6) is 2.80. The minimum atomic E-state index is -0.335. The highest BCUT2D eigenvalue weighted by Gasteiger charge is 2.59. The summed E-state index contributed by atoms with van der Waals surface area (Å²) >= 11 is 0. The molecular weight excluding hydrogens is 474 g/mol. The van der Waals surface area contributed by atoms with Crippen LogP contribution in [0.2, 0.25) is 0 Å². The van der Waals surface area contributed by atoms with E-state index in [1.54, 1.807) is 0 Å². The fourth-order valence-electron chi connectivity index (χ4n) is 9.50. The molecule has 1 saturated heterocycles. The zero-order chi connectivity index (χ0) is 27.5. The van der Waals surface area contributed by atoms with E-state index in [4.69, 9.17) is 4.84 Å². The van der Waals surface area contributed by atoms with Gasteiger partial charge in [-0.25, -0.2) is 4.79 Å². The van der Waals surface area contributed by atoms with E-state index >= 15 is 0 Å². The van der Waals surface area contributed by atoms with Crippen molar-refractivity contribution >= 4 is 17.6 Å². The summed E-state index contributed by atoms with van der Waals surface area (Å²) < 4.78 is 0. The van der Waals surface area contributed by atoms with Gasteiger partial charge in [-0.3, -0.25) is 9.63 Å². The molecular formula is C32H51N3O3. The van der Waals surface area contributed by atoms with Crippen molar-refractivity contribution in [1.82, 2.24) is 10.2 Å². The first-order valence-corrected chi connectivity index (χ1v) is 15.4. The zero-order valence-corrected chi connectivity index (χ0v) is 24.9. The molecule has 0 aromatic carbocycles. The number of fused-ring (bicyclic) bond motifs is 5. The lowest BCUT2D eigenvalue weighted by atomic mass is 9.46. The minimum Gasteiger partial charge on any atom is -0.312 e. The molecule has 0 aromatic heterocycles. The Balaban J connectivity index is 1.27. The molecule has 0 radical (unpaired) electrons. The average Bonchev–Trinajstić information content (AvgIpc) is 3.38. The molecule has 0 aromatic rings. The van der Waals surface area contributed by atoms with Crippen LogP contribution < -0.4 is 5.32 Å². The van der Waals surface area contributed by atoms with Crippen LogP contribution in [0.15, 0.2) is 16.8 Å². The first kappa shape index (κ1) is 27.9. The average molecular weight is 526 g/mol. The van der Waals surface area contributed by atoms with Crippen molar-refractivity contribution in [2.45, 2.75) is 118 Å². The van der Waals surface area contributed by atoms with Gasteiger partial charge in [-0.2, -0.15) is 0 Å². The number of nitrogens with one attached hydrogen (secondary N) is 1. The van der Waals surface area contributed by atoms with Crippen LogP contribution >= 0.6 is 0 Å². The van der Waals surface area contributed by atoms with Gasteiger partial charge >= 0.3 is 6.09 Å². The summed E-state index contributed by atoms with van der Waals surface area (Å²) in [7, 11) is 0. The third-order valence-electron chi connectivity index (χ3n) is 12.1. The Morgan fingerprint density at radius 3 is 2.53 bits per heavy atom. The van der Waals surface area contributed by atoms with Gasteiger partial charge in [-0.15, -0.1) is 0 Å². The summed E-state index contributed by atoms with van der Waals surface area (Å²) in [4.78, 5) is 32.8. The molecule has 212 valence electrons. The number of ketones is 1. The van der Waals surface area contributed by atoms with Crippen LogP contribution in [0.4, 0.5) is 4.79 Å². The number of amides is 1. The quantitative estimate of drug-likeness (QED) is 0.245. The third kappa shape index (κ3) is 4.67. The molecule has 5 aliphatic rings. The molecule has 6 nitrogen and oxygen atoms in total. The zero-order valence-electron chi connectivity index (χ0n) is 24.9. The third-order valence-corrected chi connectivity index (χ3v) is 12.1. The highest BCUT2D eigenvalue weighted by molar-refractivity contribution is 5.91.